The van der Waals surface area contributed by atoms with Crippen molar-refractivity contribution in [2.75, 3.05) is 39.3 Å². The summed E-state index contributed by atoms with van der Waals surface area (Å²) in [6.45, 7) is 10.8. The lowest BCUT2D eigenvalue weighted by Crippen LogP contribution is -2.53. The molecule has 3 rings (SSSR count). The molecular weight excluding hydrogens is 276 g/mol. The average molecular weight is 304 g/mol. The predicted octanol–water partition coefficient (Wildman–Crippen LogP) is 2.63. The molecule has 0 N–H and O–H groups in total. The van der Waals surface area contributed by atoms with Crippen LogP contribution >= 0.6 is 0 Å². The Balaban J connectivity index is 1.48. The van der Waals surface area contributed by atoms with E-state index in [4.69, 9.17) is 9.47 Å². The normalized spacial score (nSPS) is 23.0. The molecule has 0 spiro atoms. The van der Waals surface area contributed by atoms with Crippen molar-refractivity contribution in [1.29, 1.82) is 0 Å². The molecule has 0 saturated carbocycles. The SMILES string of the molecule is CCC(CC)N1CCN(CC2COc3ccccc3O2)CC1. The maximum absolute atomic E-state index is 6.07. The summed E-state index contributed by atoms with van der Waals surface area (Å²) in [5.41, 5.74) is 0. The predicted molar refractivity (Wildman–Crippen MR) is 88.7 cm³/mol. The van der Waals surface area contributed by atoms with Gasteiger partial charge in [0.1, 0.15) is 12.7 Å². The second-order valence-electron chi connectivity index (χ2n) is 6.30. The molecule has 0 aliphatic carbocycles. The van der Waals surface area contributed by atoms with Crippen LogP contribution in [0.4, 0.5) is 0 Å². The first-order valence-corrected chi connectivity index (χ1v) is 8.65. The summed E-state index contributed by atoms with van der Waals surface area (Å²) in [6, 6.07) is 8.70. The Labute approximate surface area is 134 Å². The maximum atomic E-state index is 6.07. The second kappa shape index (κ2) is 7.34. The van der Waals surface area contributed by atoms with Crippen LogP contribution in [0, 0.1) is 0 Å². The van der Waals surface area contributed by atoms with Gasteiger partial charge in [0.05, 0.1) is 0 Å². The molecule has 1 aromatic carbocycles. The molecule has 22 heavy (non-hydrogen) atoms. The van der Waals surface area contributed by atoms with Crippen LogP contribution in [0.1, 0.15) is 26.7 Å². The van der Waals surface area contributed by atoms with E-state index in [1.165, 1.54) is 25.9 Å². The summed E-state index contributed by atoms with van der Waals surface area (Å²) in [6.07, 6.45) is 2.66. The standard InChI is InChI=1S/C18H28N2O2/c1-3-15(4-2)20-11-9-19(10-12-20)13-16-14-21-17-7-5-6-8-18(17)22-16/h5-8,15-16H,3-4,9-14H2,1-2H3. The average Bonchev–Trinajstić information content (AvgIpc) is 2.57. The van der Waals surface area contributed by atoms with Crippen LogP contribution in [-0.2, 0) is 0 Å². The fourth-order valence-corrected chi connectivity index (χ4v) is 3.56. The van der Waals surface area contributed by atoms with Crippen LogP contribution in [0.3, 0.4) is 0 Å². The lowest BCUT2D eigenvalue weighted by molar-refractivity contribution is 0.0312. The Morgan fingerprint density at radius 3 is 2.41 bits per heavy atom. The number of ether oxygens (including phenoxy) is 2. The summed E-state index contributed by atoms with van der Waals surface area (Å²) in [4.78, 5) is 5.16. The highest BCUT2D eigenvalue weighted by atomic mass is 16.6. The van der Waals surface area contributed by atoms with E-state index in [1.54, 1.807) is 0 Å². The van der Waals surface area contributed by atoms with E-state index in [2.05, 4.69) is 23.6 Å². The minimum absolute atomic E-state index is 0.148. The van der Waals surface area contributed by atoms with E-state index in [0.717, 1.165) is 37.2 Å². The number of rotatable bonds is 5. The molecule has 0 radical (unpaired) electrons. The maximum Gasteiger partial charge on any atom is 0.161 e. The Morgan fingerprint density at radius 1 is 1.05 bits per heavy atom. The number of hydrogen-bond donors (Lipinski definition) is 0. The van der Waals surface area contributed by atoms with E-state index >= 15 is 0 Å². The number of fused-ring (bicyclic) bond motifs is 1. The number of benzene rings is 1. The van der Waals surface area contributed by atoms with E-state index < -0.39 is 0 Å². The lowest BCUT2D eigenvalue weighted by atomic mass is 10.1. The van der Waals surface area contributed by atoms with Gasteiger partial charge in [0.25, 0.3) is 0 Å². The summed E-state index contributed by atoms with van der Waals surface area (Å²) in [5, 5.41) is 0. The van der Waals surface area contributed by atoms with Gasteiger partial charge in [0, 0.05) is 38.8 Å². The molecule has 2 aliphatic heterocycles. The largest absolute Gasteiger partial charge is 0.486 e. The van der Waals surface area contributed by atoms with Gasteiger partial charge in [-0.05, 0) is 25.0 Å². The highest BCUT2D eigenvalue weighted by Crippen LogP contribution is 2.31. The van der Waals surface area contributed by atoms with E-state index in [0.29, 0.717) is 6.61 Å². The van der Waals surface area contributed by atoms with Crippen LogP contribution < -0.4 is 9.47 Å². The molecule has 1 aromatic rings. The van der Waals surface area contributed by atoms with Crippen molar-refractivity contribution in [3.05, 3.63) is 24.3 Å². The van der Waals surface area contributed by atoms with Crippen LogP contribution in [0.5, 0.6) is 11.5 Å². The summed E-state index contributed by atoms with van der Waals surface area (Å²) >= 11 is 0. The van der Waals surface area contributed by atoms with Gasteiger partial charge in [0.2, 0.25) is 0 Å². The molecule has 1 fully saturated rings. The molecular formula is C18H28N2O2. The van der Waals surface area contributed by atoms with Gasteiger partial charge in [-0.3, -0.25) is 9.80 Å². The van der Waals surface area contributed by atoms with Gasteiger partial charge < -0.3 is 9.47 Å². The third-order valence-electron chi connectivity index (χ3n) is 4.90. The fraction of sp³-hybridized carbons (Fsp3) is 0.667. The van der Waals surface area contributed by atoms with Gasteiger partial charge in [0.15, 0.2) is 11.5 Å². The van der Waals surface area contributed by atoms with Crippen LogP contribution in [0.2, 0.25) is 0 Å². The molecule has 2 heterocycles. The second-order valence-corrected chi connectivity index (χ2v) is 6.30. The highest BCUT2D eigenvalue weighted by molar-refractivity contribution is 5.40. The highest BCUT2D eigenvalue weighted by Gasteiger charge is 2.26. The Morgan fingerprint density at radius 2 is 1.73 bits per heavy atom. The van der Waals surface area contributed by atoms with Gasteiger partial charge >= 0.3 is 0 Å². The van der Waals surface area contributed by atoms with Crippen molar-refractivity contribution in [1.82, 2.24) is 9.80 Å². The van der Waals surface area contributed by atoms with Gasteiger partial charge in [-0.1, -0.05) is 26.0 Å². The third-order valence-corrected chi connectivity index (χ3v) is 4.90. The van der Waals surface area contributed by atoms with Gasteiger partial charge in [-0.2, -0.15) is 0 Å². The summed E-state index contributed by atoms with van der Waals surface area (Å²) < 4.78 is 11.9. The van der Waals surface area contributed by atoms with Crippen LogP contribution in [0.25, 0.3) is 0 Å². The van der Waals surface area contributed by atoms with Crippen LogP contribution in [0.15, 0.2) is 24.3 Å². The molecule has 1 saturated heterocycles. The molecule has 4 heteroatoms. The number of para-hydroxylation sites is 2. The van der Waals surface area contributed by atoms with Crippen molar-refractivity contribution < 1.29 is 9.47 Å². The fourth-order valence-electron chi connectivity index (χ4n) is 3.56. The summed E-state index contributed by atoms with van der Waals surface area (Å²) in [7, 11) is 0. The first-order valence-electron chi connectivity index (χ1n) is 8.65. The molecule has 4 nitrogen and oxygen atoms in total. The minimum atomic E-state index is 0.148. The van der Waals surface area contributed by atoms with Crippen molar-refractivity contribution in [2.24, 2.45) is 0 Å². The first kappa shape index (κ1) is 15.6. The molecule has 2 aliphatic rings. The zero-order valence-corrected chi connectivity index (χ0v) is 13.8. The van der Waals surface area contributed by atoms with E-state index in [9.17, 15) is 0 Å². The van der Waals surface area contributed by atoms with Crippen molar-refractivity contribution in [2.45, 2.75) is 38.8 Å². The van der Waals surface area contributed by atoms with Crippen molar-refractivity contribution in [3.8, 4) is 11.5 Å². The van der Waals surface area contributed by atoms with Gasteiger partial charge in [-0.25, -0.2) is 0 Å². The molecule has 0 bridgehead atoms. The van der Waals surface area contributed by atoms with Gasteiger partial charge in [-0.15, -0.1) is 0 Å². The Bertz CT molecular complexity index is 468. The van der Waals surface area contributed by atoms with E-state index in [1.807, 2.05) is 24.3 Å². The summed E-state index contributed by atoms with van der Waals surface area (Å²) in [5.74, 6) is 1.76. The van der Waals surface area contributed by atoms with Crippen molar-refractivity contribution in [3.63, 3.8) is 0 Å². The monoisotopic (exact) mass is 304 g/mol. The number of piperazine rings is 1. The van der Waals surface area contributed by atoms with Crippen molar-refractivity contribution >= 4 is 0 Å². The quantitative estimate of drug-likeness (QED) is 0.835. The first-order chi connectivity index (χ1) is 10.8. The Kier molecular flexibility index (Phi) is 5.21. The molecule has 122 valence electrons. The smallest absolute Gasteiger partial charge is 0.161 e. The minimum Gasteiger partial charge on any atom is -0.486 e. The topological polar surface area (TPSA) is 24.9 Å². The zero-order chi connectivity index (χ0) is 15.4. The zero-order valence-electron chi connectivity index (χ0n) is 13.8. The van der Waals surface area contributed by atoms with Crippen LogP contribution in [-0.4, -0.2) is 61.3 Å². The molecule has 0 amide bonds. The molecule has 1 atom stereocenters. The lowest BCUT2D eigenvalue weighted by Gasteiger charge is -2.40. The molecule has 0 aromatic heterocycles. The number of nitrogens with zero attached hydrogens (tertiary/aromatic N) is 2. The van der Waals surface area contributed by atoms with E-state index in [-0.39, 0.29) is 6.10 Å². The number of hydrogen-bond acceptors (Lipinski definition) is 4. The molecule has 1 unspecified atom stereocenters. The Hall–Kier alpha value is -1.26. The third kappa shape index (κ3) is 3.55.